The lowest BCUT2D eigenvalue weighted by atomic mass is 10.1. The van der Waals surface area contributed by atoms with Gasteiger partial charge in [-0.15, -0.1) is 0 Å². The molecule has 24 heavy (non-hydrogen) atoms. The van der Waals surface area contributed by atoms with Crippen molar-refractivity contribution in [2.45, 2.75) is 27.7 Å². The van der Waals surface area contributed by atoms with E-state index in [4.69, 9.17) is 0 Å². The topological polar surface area (TPSA) is 31.2 Å². The number of hydrogen-bond donors (Lipinski definition) is 0. The molecule has 0 amide bonds. The first kappa shape index (κ1) is 18.0. The van der Waals surface area contributed by atoms with E-state index in [2.05, 4.69) is 88.0 Å². The lowest BCUT2D eigenvalue weighted by Gasteiger charge is -2.20. The number of hydrogen-bond acceptors (Lipinski definition) is 4. The Kier molecular flexibility index (Phi) is 5.27. The van der Waals surface area contributed by atoms with Gasteiger partial charge in [0.25, 0.3) is 0 Å². The summed E-state index contributed by atoms with van der Waals surface area (Å²) in [5, 5.41) is 9.06. The summed E-state index contributed by atoms with van der Waals surface area (Å²) in [7, 11) is 8.24. The van der Waals surface area contributed by atoms with Crippen LogP contribution in [0, 0.1) is 27.7 Å². The van der Waals surface area contributed by atoms with Gasteiger partial charge >= 0.3 is 0 Å². The van der Waals surface area contributed by atoms with Crippen molar-refractivity contribution in [1.82, 2.24) is 0 Å². The molecular weight excluding hydrogens is 296 g/mol. The van der Waals surface area contributed by atoms with Crippen molar-refractivity contribution in [3.8, 4) is 0 Å². The van der Waals surface area contributed by atoms with Gasteiger partial charge in [-0.25, -0.2) is 0 Å². The molecule has 4 heteroatoms. The summed E-state index contributed by atoms with van der Waals surface area (Å²) in [4.78, 5) is 4.26. The Morgan fingerprint density at radius 3 is 1.21 bits per heavy atom. The van der Waals surface area contributed by atoms with E-state index in [0.717, 1.165) is 22.5 Å². The fourth-order valence-corrected chi connectivity index (χ4v) is 3.35. The number of anilines is 2. The highest BCUT2D eigenvalue weighted by Gasteiger charge is 2.11. The number of benzene rings is 2. The fraction of sp³-hybridized carbons (Fsp3) is 0.400. The van der Waals surface area contributed by atoms with Crippen LogP contribution in [0.5, 0.6) is 0 Å². The number of rotatable bonds is 4. The third-order valence-corrected chi connectivity index (χ3v) is 4.37. The second-order valence-corrected chi connectivity index (χ2v) is 6.74. The second kappa shape index (κ2) is 7.04. The minimum absolute atomic E-state index is 0.913. The van der Waals surface area contributed by atoms with Crippen LogP contribution < -0.4 is 9.80 Å². The number of aryl methyl sites for hydroxylation is 2. The fourth-order valence-electron chi connectivity index (χ4n) is 3.35. The van der Waals surface area contributed by atoms with Gasteiger partial charge in [0.1, 0.15) is 0 Å². The zero-order chi connectivity index (χ0) is 18.0. The highest BCUT2D eigenvalue weighted by atomic mass is 15.1. The van der Waals surface area contributed by atoms with Crippen LogP contribution in [-0.2, 0) is 0 Å². The van der Waals surface area contributed by atoms with E-state index < -0.39 is 0 Å². The quantitative estimate of drug-likeness (QED) is 0.698. The third kappa shape index (κ3) is 3.42. The molecule has 0 saturated carbocycles. The Morgan fingerprint density at radius 1 is 0.583 bits per heavy atom. The van der Waals surface area contributed by atoms with Crippen LogP contribution in [-0.4, -0.2) is 28.2 Å². The summed E-state index contributed by atoms with van der Waals surface area (Å²) in [6, 6.07) is 8.28. The van der Waals surface area contributed by atoms with Crippen LogP contribution in [0.3, 0.4) is 0 Å². The highest BCUT2D eigenvalue weighted by molar-refractivity contribution is 5.69. The molecule has 0 saturated heterocycles. The van der Waals surface area contributed by atoms with Gasteiger partial charge in [-0.2, -0.15) is 10.2 Å². The van der Waals surface area contributed by atoms with Crippen molar-refractivity contribution in [2.75, 3.05) is 38.0 Å². The Bertz CT molecular complexity index is 708. The predicted octanol–water partition coefficient (Wildman–Crippen LogP) is 5.47. The molecule has 2 rings (SSSR count). The average Bonchev–Trinajstić information content (AvgIpc) is 2.47. The first-order valence-electron chi connectivity index (χ1n) is 8.20. The Balaban J connectivity index is 2.46. The zero-order valence-electron chi connectivity index (χ0n) is 16.1. The van der Waals surface area contributed by atoms with E-state index in [-0.39, 0.29) is 0 Å². The molecule has 2 aromatic carbocycles. The zero-order valence-corrected chi connectivity index (χ0v) is 16.1. The summed E-state index contributed by atoms with van der Waals surface area (Å²) in [5.41, 5.74) is 9.05. The molecule has 0 aliphatic heterocycles. The van der Waals surface area contributed by atoms with Gasteiger partial charge in [0.05, 0.1) is 11.4 Å². The Hall–Kier alpha value is -2.36. The predicted molar refractivity (Wildman–Crippen MR) is 105 cm³/mol. The summed E-state index contributed by atoms with van der Waals surface area (Å²) < 4.78 is 0. The lowest BCUT2D eigenvalue weighted by molar-refractivity contribution is 1.08. The molecule has 0 radical (unpaired) electrons. The largest absolute Gasteiger partial charge is 0.377 e. The van der Waals surface area contributed by atoms with Crippen molar-refractivity contribution in [1.29, 1.82) is 0 Å². The molecule has 0 aromatic heterocycles. The summed E-state index contributed by atoms with van der Waals surface area (Å²) in [6.45, 7) is 8.45. The maximum absolute atomic E-state index is 4.53. The standard InChI is InChI=1S/C20H28N4/c1-13-9-11-17(15(3)19(13)23(5)6)21-22-18-12-10-14(2)20(16(18)4)24(7)8/h9-12H,1-8H3. The van der Waals surface area contributed by atoms with Crippen LogP contribution >= 0.6 is 0 Å². The van der Waals surface area contributed by atoms with Crippen LogP contribution in [0.1, 0.15) is 22.3 Å². The van der Waals surface area contributed by atoms with Crippen molar-refractivity contribution >= 4 is 22.7 Å². The van der Waals surface area contributed by atoms with Gasteiger partial charge < -0.3 is 9.80 Å². The van der Waals surface area contributed by atoms with E-state index in [1.807, 2.05) is 12.1 Å². The van der Waals surface area contributed by atoms with E-state index >= 15 is 0 Å². The number of azo groups is 1. The molecule has 2 aromatic rings. The highest BCUT2D eigenvalue weighted by Crippen LogP contribution is 2.35. The summed E-state index contributed by atoms with van der Waals surface area (Å²) in [5.74, 6) is 0. The summed E-state index contributed by atoms with van der Waals surface area (Å²) in [6.07, 6.45) is 0. The van der Waals surface area contributed by atoms with Crippen LogP contribution in [0.2, 0.25) is 0 Å². The molecule has 0 heterocycles. The second-order valence-electron chi connectivity index (χ2n) is 6.74. The van der Waals surface area contributed by atoms with Crippen molar-refractivity contribution < 1.29 is 0 Å². The molecular formula is C20H28N4. The minimum Gasteiger partial charge on any atom is -0.377 e. The molecule has 0 aliphatic carbocycles. The SMILES string of the molecule is Cc1ccc(N=Nc2ccc(C)c(N(C)C)c2C)c(C)c1N(C)C. The van der Waals surface area contributed by atoms with E-state index in [1.165, 1.54) is 22.5 Å². The van der Waals surface area contributed by atoms with Gasteiger partial charge in [0.2, 0.25) is 0 Å². The van der Waals surface area contributed by atoms with Gasteiger partial charge in [0, 0.05) is 50.7 Å². The van der Waals surface area contributed by atoms with Crippen LogP contribution in [0.4, 0.5) is 22.7 Å². The molecule has 0 spiro atoms. The third-order valence-electron chi connectivity index (χ3n) is 4.37. The number of nitrogens with zero attached hydrogens (tertiary/aromatic N) is 4. The Morgan fingerprint density at radius 2 is 0.917 bits per heavy atom. The minimum atomic E-state index is 0.913. The van der Waals surface area contributed by atoms with Crippen LogP contribution in [0.25, 0.3) is 0 Å². The van der Waals surface area contributed by atoms with Crippen molar-refractivity contribution in [3.05, 3.63) is 46.5 Å². The molecule has 128 valence electrons. The van der Waals surface area contributed by atoms with Gasteiger partial charge in [0.15, 0.2) is 0 Å². The average molecular weight is 324 g/mol. The van der Waals surface area contributed by atoms with E-state index in [9.17, 15) is 0 Å². The molecule has 0 N–H and O–H groups in total. The molecule has 0 aliphatic rings. The lowest BCUT2D eigenvalue weighted by Crippen LogP contribution is -2.12. The van der Waals surface area contributed by atoms with Gasteiger partial charge in [-0.3, -0.25) is 0 Å². The molecule has 4 nitrogen and oxygen atoms in total. The molecule has 0 bridgehead atoms. The molecule has 0 fully saturated rings. The monoisotopic (exact) mass is 324 g/mol. The first-order valence-corrected chi connectivity index (χ1v) is 8.20. The molecule has 0 atom stereocenters. The summed E-state index contributed by atoms with van der Waals surface area (Å²) >= 11 is 0. The molecule has 0 unspecified atom stereocenters. The maximum atomic E-state index is 4.53. The smallest absolute Gasteiger partial charge is 0.0907 e. The maximum Gasteiger partial charge on any atom is 0.0907 e. The van der Waals surface area contributed by atoms with Gasteiger partial charge in [-0.05, 0) is 51.0 Å². The van der Waals surface area contributed by atoms with E-state index in [0.29, 0.717) is 0 Å². The Labute approximate surface area is 145 Å². The first-order chi connectivity index (χ1) is 11.2. The van der Waals surface area contributed by atoms with Crippen LogP contribution in [0.15, 0.2) is 34.5 Å². The van der Waals surface area contributed by atoms with E-state index in [1.54, 1.807) is 0 Å². The van der Waals surface area contributed by atoms with Crippen molar-refractivity contribution in [3.63, 3.8) is 0 Å². The van der Waals surface area contributed by atoms with Gasteiger partial charge in [-0.1, -0.05) is 12.1 Å². The normalized spacial score (nSPS) is 11.2. The van der Waals surface area contributed by atoms with Crippen molar-refractivity contribution in [2.24, 2.45) is 10.2 Å².